The highest BCUT2D eigenvalue weighted by atomic mass is 32.1. The van der Waals surface area contributed by atoms with E-state index in [0.29, 0.717) is 6.42 Å². The van der Waals surface area contributed by atoms with Crippen LogP contribution in [0.2, 0.25) is 0 Å². The van der Waals surface area contributed by atoms with E-state index in [-0.39, 0.29) is 11.9 Å². The molecule has 3 N–H and O–H groups in total. The van der Waals surface area contributed by atoms with Crippen LogP contribution in [0.4, 0.5) is 5.69 Å². The zero-order valence-electron chi connectivity index (χ0n) is 12.6. The summed E-state index contributed by atoms with van der Waals surface area (Å²) in [5.74, 6) is 0.0956. The molecule has 1 atom stereocenters. The lowest BCUT2D eigenvalue weighted by Crippen LogP contribution is -2.34. The van der Waals surface area contributed by atoms with Crippen molar-refractivity contribution < 1.29 is 4.79 Å². The first-order valence-electron chi connectivity index (χ1n) is 7.22. The summed E-state index contributed by atoms with van der Waals surface area (Å²) in [6.07, 6.45) is 2.11. The summed E-state index contributed by atoms with van der Waals surface area (Å²) in [5, 5.41) is 3.06. The number of nitrogen functional groups attached to an aromatic ring is 1. The third-order valence-electron chi connectivity index (χ3n) is 3.30. The second-order valence-electron chi connectivity index (χ2n) is 5.43. The molecule has 2 rings (SSSR count). The van der Waals surface area contributed by atoms with E-state index in [9.17, 15) is 4.79 Å². The molecule has 0 saturated heterocycles. The van der Waals surface area contributed by atoms with Gasteiger partial charge in [-0.2, -0.15) is 0 Å². The number of hydrogen-bond acceptors (Lipinski definition) is 3. The van der Waals surface area contributed by atoms with Gasteiger partial charge in [0.15, 0.2) is 0 Å². The van der Waals surface area contributed by atoms with Crippen LogP contribution in [0.1, 0.15) is 28.7 Å². The predicted molar refractivity (Wildman–Crippen MR) is 89.5 cm³/mol. The minimum absolute atomic E-state index is 0.0956. The lowest BCUT2D eigenvalue weighted by Gasteiger charge is -2.13. The second kappa shape index (κ2) is 7.27. The fraction of sp³-hybridized carbons (Fsp3) is 0.353. The van der Waals surface area contributed by atoms with Crippen molar-refractivity contribution in [3.63, 3.8) is 0 Å². The number of carbonyl (C=O) groups excluding carboxylic acids is 1. The van der Waals surface area contributed by atoms with E-state index in [1.165, 1.54) is 9.75 Å². The fourth-order valence-corrected chi connectivity index (χ4v) is 3.32. The molecule has 0 aliphatic rings. The first-order chi connectivity index (χ1) is 10.0. The monoisotopic (exact) mass is 302 g/mol. The molecule has 0 radical (unpaired) electrons. The summed E-state index contributed by atoms with van der Waals surface area (Å²) in [4.78, 5) is 14.6. The van der Waals surface area contributed by atoms with Crippen molar-refractivity contribution in [2.24, 2.45) is 0 Å². The Morgan fingerprint density at radius 1 is 1.33 bits per heavy atom. The van der Waals surface area contributed by atoms with Gasteiger partial charge in [0.25, 0.3) is 0 Å². The van der Waals surface area contributed by atoms with Crippen LogP contribution >= 0.6 is 11.3 Å². The second-order valence-corrected chi connectivity index (χ2v) is 6.80. The summed E-state index contributed by atoms with van der Waals surface area (Å²) in [6, 6.07) is 12.1. The van der Waals surface area contributed by atoms with Crippen molar-refractivity contribution in [2.75, 3.05) is 5.73 Å². The summed E-state index contributed by atoms with van der Waals surface area (Å²) >= 11 is 1.79. The molecule has 3 nitrogen and oxygen atoms in total. The van der Waals surface area contributed by atoms with Gasteiger partial charge in [0, 0.05) is 34.3 Å². The Bertz CT molecular complexity index is 606. The number of anilines is 1. The molecule has 112 valence electrons. The zero-order valence-corrected chi connectivity index (χ0v) is 13.4. The lowest BCUT2D eigenvalue weighted by atomic mass is 10.1. The standard InChI is InChI=1S/C17H22N2OS/c1-12(10-16-8-6-13(2)21-16)19-17(20)9-7-14-4-3-5-15(18)11-14/h3-6,8,11-12H,7,9-10,18H2,1-2H3,(H,19,20). The number of benzene rings is 1. The molecule has 2 aromatic rings. The Balaban J connectivity index is 1.76. The molecule has 1 unspecified atom stereocenters. The van der Waals surface area contributed by atoms with Crippen LogP contribution in [0.25, 0.3) is 0 Å². The van der Waals surface area contributed by atoms with Gasteiger partial charge in [-0.05, 0) is 50.1 Å². The van der Waals surface area contributed by atoms with Gasteiger partial charge in [-0.15, -0.1) is 11.3 Å². The van der Waals surface area contributed by atoms with Gasteiger partial charge in [-0.1, -0.05) is 12.1 Å². The number of thiophene rings is 1. The molecule has 21 heavy (non-hydrogen) atoms. The summed E-state index contributed by atoms with van der Waals surface area (Å²) in [5.41, 5.74) is 7.58. The molecular formula is C17H22N2OS. The van der Waals surface area contributed by atoms with E-state index in [4.69, 9.17) is 5.73 Å². The van der Waals surface area contributed by atoms with Crippen molar-refractivity contribution in [3.8, 4) is 0 Å². The highest BCUT2D eigenvalue weighted by Crippen LogP contribution is 2.16. The van der Waals surface area contributed by atoms with E-state index >= 15 is 0 Å². The molecule has 0 aliphatic carbocycles. The van der Waals surface area contributed by atoms with Gasteiger partial charge < -0.3 is 11.1 Å². The third-order valence-corrected chi connectivity index (χ3v) is 4.33. The summed E-state index contributed by atoms with van der Waals surface area (Å²) < 4.78 is 0. The topological polar surface area (TPSA) is 55.1 Å². The highest BCUT2D eigenvalue weighted by Gasteiger charge is 2.09. The third kappa shape index (κ3) is 5.23. The minimum Gasteiger partial charge on any atom is -0.399 e. The van der Waals surface area contributed by atoms with Gasteiger partial charge >= 0.3 is 0 Å². The quantitative estimate of drug-likeness (QED) is 0.804. The Morgan fingerprint density at radius 2 is 2.14 bits per heavy atom. The van der Waals surface area contributed by atoms with Crippen LogP contribution in [0.5, 0.6) is 0 Å². The van der Waals surface area contributed by atoms with Crippen LogP contribution < -0.4 is 11.1 Å². The SMILES string of the molecule is Cc1ccc(CC(C)NC(=O)CCc2cccc(N)c2)s1. The van der Waals surface area contributed by atoms with Crippen molar-refractivity contribution >= 4 is 22.9 Å². The van der Waals surface area contributed by atoms with E-state index < -0.39 is 0 Å². The number of hydrogen-bond donors (Lipinski definition) is 2. The van der Waals surface area contributed by atoms with E-state index in [1.54, 1.807) is 11.3 Å². The summed E-state index contributed by atoms with van der Waals surface area (Å²) in [6.45, 7) is 4.15. The summed E-state index contributed by atoms with van der Waals surface area (Å²) in [7, 11) is 0. The van der Waals surface area contributed by atoms with Crippen LogP contribution in [-0.2, 0) is 17.6 Å². The highest BCUT2D eigenvalue weighted by molar-refractivity contribution is 7.11. The van der Waals surface area contributed by atoms with Crippen molar-refractivity contribution in [1.82, 2.24) is 5.32 Å². The fourth-order valence-electron chi connectivity index (χ4n) is 2.30. The Labute approximate surface area is 130 Å². The van der Waals surface area contributed by atoms with Crippen LogP contribution in [0.3, 0.4) is 0 Å². The number of nitrogens with one attached hydrogen (secondary N) is 1. The molecule has 1 amide bonds. The average molecular weight is 302 g/mol. The van der Waals surface area contributed by atoms with Gasteiger partial charge in [-0.3, -0.25) is 4.79 Å². The molecule has 0 spiro atoms. The number of nitrogens with two attached hydrogens (primary N) is 1. The van der Waals surface area contributed by atoms with Crippen molar-refractivity contribution in [1.29, 1.82) is 0 Å². The largest absolute Gasteiger partial charge is 0.399 e. The lowest BCUT2D eigenvalue weighted by molar-refractivity contribution is -0.121. The number of amides is 1. The van der Waals surface area contributed by atoms with E-state index in [1.807, 2.05) is 31.2 Å². The molecule has 1 aromatic heterocycles. The number of rotatable bonds is 6. The number of carbonyl (C=O) groups is 1. The molecule has 0 saturated carbocycles. The maximum absolute atomic E-state index is 12.0. The Morgan fingerprint density at radius 3 is 2.81 bits per heavy atom. The maximum Gasteiger partial charge on any atom is 0.220 e. The Hall–Kier alpha value is -1.81. The van der Waals surface area contributed by atoms with Crippen molar-refractivity contribution in [2.45, 2.75) is 39.2 Å². The molecule has 1 aromatic carbocycles. The average Bonchev–Trinajstić information content (AvgIpc) is 2.81. The molecule has 0 bridgehead atoms. The molecule has 0 fully saturated rings. The van der Waals surface area contributed by atoms with Gasteiger partial charge in [-0.25, -0.2) is 0 Å². The minimum atomic E-state index is 0.0956. The molecule has 1 heterocycles. The molecule has 4 heteroatoms. The first kappa shape index (κ1) is 15.6. The van der Waals surface area contributed by atoms with E-state index in [2.05, 4.69) is 24.4 Å². The smallest absolute Gasteiger partial charge is 0.220 e. The van der Waals surface area contributed by atoms with E-state index in [0.717, 1.165) is 24.1 Å². The van der Waals surface area contributed by atoms with Gasteiger partial charge in [0.05, 0.1) is 0 Å². The maximum atomic E-state index is 12.0. The van der Waals surface area contributed by atoms with Gasteiger partial charge in [0.2, 0.25) is 5.91 Å². The zero-order chi connectivity index (χ0) is 15.2. The van der Waals surface area contributed by atoms with Crippen LogP contribution in [-0.4, -0.2) is 11.9 Å². The van der Waals surface area contributed by atoms with Gasteiger partial charge in [0.1, 0.15) is 0 Å². The van der Waals surface area contributed by atoms with Crippen LogP contribution in [0, 0.1) is 6.92 Å². The molecule has 0 aliphatic heterocycles. The Kier molecular flexibility index (Phi) is 5.39. The van der Waals surface area contributed by atoms with Crippen molar-refractivity contribution in [3.05, 3.63) is 51.7 Å². The predicted octanol–water partition coefficient (Wildman–Crippen LogP) is 3.32. The first-order valence-corrected chi connectivity index (χ1v) is 8.03. The van der Waals surface area contributed by atoms with Crippen LogP contribution in [0.15, 0.2) is 36.4 Å². The number of aryl methyl sites for hydroxylation is 2. The molecular weight excluding hydrogens is 280 g/mol. The normalized spacial score (nSPS) is 12.1.